The quantitative estimate of drug-likeness (QED) is 0.111. The number of nitrogens with one attached hydrogen (secondary N) is 3. The van der Waals surface area contributed by atoms with Crippen LogP contribution in [0.5, 0.6) is 5.75 Å². The Labute approximate surface area is 211 Å². The molecule has 5 unspecified atom stereocenters. The Kier molecular flexibility index (Phi) is 11.9. The summed E-state index contributed by atoms with van der Waals surface area (Å²) in [6.07, 6.45) is -3.03. The number of carbonyl (C=O) groups excluding carboxylic acids is 4. The lowest BCUT2D eigenvalue weighted by Crippen LogP contribution is -2.60. The lowest BCUT2D eigenvalue weighted by atomic mass is 10.0. The Morgan fingerprint density at radius 3 is 1.95 bits per heavy atom. The number of aliphatic hydroxyl groups excluding tert-OH is 1. The lowest BCUT2D eigenvalue weighted by molar-refractivity contribution is -0.144. The van der Waals surface area contributed by atoms with Crippen LogP contribution in [0, 0.1) is 0 Å². The van der Waals surface area contributed by atoms with Gasteiger partial charge in [-0.2, -0.15) is 0 Å². The number of nitrogens with two attached hydrogens (primary N) is 2. The van der Waals surface area contributed by atoms with E-state index in [4.69, 9.17) is 11.5 Å². The first kappa shape index (κ1) is 30.8. The Morgan fingerprint density at radius 1 is 0.892 bits per heavy atom. The monoisotopic (exact) mass is 525 g/mol. The zero-order valence-electron chi connectivity index (χ0n) is 19.9. The van der Waals surface area contributed by atoms with Crippen LogP contribution >= 0.6 is 0 Å². The maximum absolute atomic E-state index is 12.7. The SMILES string of the molecule is CC(O)C(NC(=O)C(N)CCC(N)=O)C(=O)NC(CC(=O)O)C(=O)NC(Cc1ccc(O)cc1)C(=O)O. The van der Waals surface area contributed by atoms with E-state index in [9.17, 15) is 49.2 Å². The van der Waals surface area contributed by atoms with Crippen LogP contribution < -0.4 is 27.4 Å². The van der Waals surface area contributed by atoms with Gasteiger partial charge in [0.05, 0.1) is 18.6 Å². The van der Waals surface area contributed by atoms with Crippen molar-refractivity contribution in [3.8, 4) is 5.75 Å². The summed E-state index contributed by atoms with van der Waals surface area (Å²) in [7, 11) is 0. The normalized spacial score (nSPS) is 14.8. The summed E-state index contributed by atoms with van der Waals surface area (Å²) in [5, 5.41) is 44.4. The molecule has 11 N–H and O–H groups in total. The highest BCUT2D eigenvalue weighted by Gasteiger charge is 2.33. The number of aliphatic hydroxyl groups is 1. The highest BCUT2D eigenvalue weighted by Crippen LogP contribution is 2.12. The Morgan fingerprint density at radius 2 is 1.46 bits per heavy atom. The van der Waals surface area contributed by atoms with Gasteiger partial charge in [-0.25, -0.2) is 4.79 Å². The molecule has 0 spiro atoms. The van der Waals surface area contributed by atoms with Crippen molar-refractivity contribution in [3.05, 3.63) is 29.8 Å². The Bertz CT molecular complexity index is 998. The molecule has 0 aliphatic rings. The number of phenols is 1. The molecular weight excluding hydrogens is 494 g/mol. The van der Waals surface area contributed by atoms with Gasteiger partial charge in [-0.05, 0) is 31.0 Å². The first-order valence-corrected chi connectivity index (χ1v) is 11.1. The predicted octanol–water partition coefficient (Wildman–Crippen LogP) is -3.08. The van der Waals surface area contributed by atoms with E-state index in [-0.39, 0.29) is 25.0 Å². The molecule has 204 valence electrons. The number of benzene rings is 1. The number of primary amides is 1. The zero-order chi connectivity index (χ0) is 28.3. The molecule has 0 bridgehead atoms. The van der Waals surface area contributed by atoms with Crippen LogP contribution in [0.1, 0.15) is 31.7 Å². The number of aliphatic carboxylic acids is 2. The third-order valence-corrected chi connectivity index (χ3v) is 5.10. The van der Waals surface area contributed by atoms with Gasteiger partial charge in [0.25, 0.3) is 0 Å². The molecule has 1 rings (SSSR count). The molecule has 37 heavy (non-hydrogen) atoms. The second kappa shape index (κ2) is 14.4. The molecule has 0 saturated heterocycles. The van der Waals surface area contributed by atoms with Crippen molar-refractivity contribution in [2.24, 2.45) is 11.5 Å². The fourth-order valence-corrected chi connectivity index (χ4v) is 3.08. The van der Waals surface area contributed by atoms with E-state index in [1.54, 1.807) is 0 Å². The van der Waals surface area contributed by atoms with Crippen molar-refractivity contribution in [3.63, 3.8) is 0 Å². The number of phenolic OH excluding ortho intramolecular Hbond substituents is 1. The third-order valence-electron chi connectivity index (χ3n) is 5.10. The number of aromatic hydroxyl groups is 1. The molecule has 0 aliphatic carbocycles. The average molecular weight is 526 g/mol. The molecule has 5 atom stereocenters. The molecule has 0 saturated carbocycles. The summed E-state index contributed by atoms with van der Waals surface area (Å²) in [4.78, 5) is 71.6. The largest absolute Gasteiger partial charge is 0.508 e. The summed E-state index contributed by atoms with van der Waals surface area (Å²) in [5.41, 5.74) is 11.1. The predicted molar refractivity (Wildman–Crippen MR) is 126 cm³/mol. The van der Waals surface area contributed by atoms with Crippen molar-refractivity contribution in [1.82, 2.24) is 16.0 Å². The van der Waals surface area contributed by atoms with Gasteiger partial charge in [-0.3, -0.25) is 24.0 Å². The number of rotatable bonds is 15. The van der Waals surface area contributed by atoms with Crippen LogP contribution in [-0.2, 0) is 35.2 Å². The van der Waals surface area contributed by atoms with Gasteiger partial charge >= 0.3 is 11.9 Å². The van der Waals surface area contributed by atoms with Crippen molar-refractivity contribution in [1.29, 1.82) is 0 Å². The summed E-state index contributed by atoms with van der Waals surface area (Å²) in [6, 6.07) is -0.717. The summed E-state index contributed by atoms with van der Waals surface area (Å²) >= 11 is 0. The van der Waals surface area contributed by atoms with Gasteiger partial charge in [-0.1, -0.05) is 12.1 Å². The van der Waals surface area contributed by atoms with Gasteiger partial charge in [0.1, 0.15) is 23.9 Å². The number of amides is 4. The van der Waals surface area contributed by atoms with Crippen LogP contribution in [0.25, 0.3) is 0 Å². The Hall–Kier alpha value is -4.24. The van der Waals surface area contributed by atoms with Crippen LogP contribution in [-0.4, -0.2) is 86.3 Å². The van der Waals surface area contributed by atoms with E-state index in [0.717, 1.165) is 6.92 Å². The van der Waals surface area contributed by atoms with E-state index in [1.165, 1.54) is 24.3 Å². The smallest absolute Gasteiger partial charge is 0.326 e. The molecule has 0 aromatic heterocycles. The number of hydrogen-bond acceptors (Lipinski definition) is 9. The second-order valence-electron chi connectivity index (χ2n) is 8.27. The van der Waals surface area contributed by atoms with Crippen LogP contribution in [0.4, 0.5) is 0 Å². The molecule has 4 amide bonds. The van der Waals surface area contributed by atoms with Gasteiger partial charge in [-0.15, -0.1) is 0 Å². The minimum absolute atomic E-state index is 0.0579. The molecule has 1 aromatic carbocycles. The van der Waals surface area contributed by atoms with Crippen molar-refractivity contribution >= 4 is 35.6 Å². The van der Waals surface area contributed by atoms with E-state index in [2.05, 4.69) is 16.0 Å². The highest BCUT2D eigenvalue weighted by molar-refractivity contribution is 5.96. The van der Waals surface area contributed by atoms with Gasteiger partial charge in [0, 0.05) is 12.8 Å². The van der Waals surface area contributed by atoms with Crippen LogP contribution in [0.3, 0.4) is 0 Å². The summed E-state index contributed by atoms with van der Waals surface area (Å²) < 4.78 is 0. The van der Waals surface area contributed by atoms with Crippen molar-refractivity contribution < 1.29 is 49.2 Å². The number of carboxylic acid groups (broad SMARTS) is 2. The molecule has 0 fully saturated rings. The lowest BCUT2D eigenvalue weighted by Gasteiger charge is -2.26. The number of carbonyl (C=O) groups is 6. The van der Waals surface area contributed by atoms with Crippen molar-refractivity contribution in [2.75, 3.05) is 0 Å². The minimum atomic E-state index is -1.77. The van der Waals surface area contributed by atoms with Crippen molar-refractivity contribution in [2.45, 2.75) is 62.9 Å². The second-order valence-corrected chi connectivity index (χ2v) is 8.27. The first-order valence-electron chi connectivity index (χ1n) is 11.1. The standard InChI is InChI=1S/C22H31N5O10/c1-10(28)18(27-19(33)13(23)6-7-16(24)30)21(35)25-14(9-17(31)32)20(34)26-15(22(36)37)8-11-2-4-12(29)5-3-11/h2-5,10,13-15,18,28-29H,6-9,23H2,1H3,(H2,24,30)(H,25,35)(H,26,34)(H,27,33)(H,31,32)(H,36,37). The summed E-state index contributed by atoms with van der Waals surface area (Å²) in [5.74, 6) is -6.91. The third kappa shape index (κ3) is 10.9. The maximum atomic E-state index is 12.7. The molecule has 0 aliphatic heterocycles. The first-order chi connectivity index (χ1) is 17.2. The molecule has 15 heteroatoms. The minimum Gasteiger partial charge on any atom is -0.508 e. The topological polar surface area (TPSA) is 271 Å². The van der Waals surface area contributed by atoms with Crippen LogP contribution in [0.15, 0.2) is 24.3 Å². The molecular formula is C22H31N5O10. The van der Waals surface area contributed by atoms with E-state index >= 15 is 0 Å². The molecule has 0 radical (unpaired) electrons. The highest BCUT2D eigenvalue weighted by atomic mass is 16.4. The summed E-state index contributed by atoms with van der Waals surface area (Å²) in [6.45, 7) is 1.14. The Balaban J connectivity index is 2.97. The maximum Gasteiger partial charge on any atom is 0.326 e. The van der Waals surface area contributed by atoms with Gasteiger partial charge in [0.2, 0.25) is 23.6 Å². The zero-order valence-corrected chi connectivity index (χ0v) is 19.9. The molecule has 0 heterocycles. The number of carboxylic acids is 2. The molecule has 15 nitrogen and oxygen atoms in total. The number of hydrogen-bond donors (Lipinski definition) is 9. The average Bonchev–Trinajstić information content (AvgIpc) is 2.80. The van der Waals surface area contributed by atoms with Gasteiger partial charge in [0.15, 0.2) is 0 Å². The fraction of sp³-hybridized carbons (Fsp3) is 0.455. The molecule has 1 aromatic rings. The van der Waals surface area contributed by atoms with E-state index in [0.29, 0.717) is 5.56 Å². The fourth-order valence-electron chi connectivity index (χ4n) is 3.08. The van der Waals surface area contributed by atoms with E-state index < -0.39 is 72.3 Å². The van der Waals surface area contributed by atoms with Gasteiger partial charge < -0.3 is 47.8 Å². The van der Waals surface area contributed by atoms with E-state index in [1.807, 2.05) is 0 Å². The van der Waals surface area contributed by atoms with Crippen LogP contribution in [0.2, 0.25) is 0 Å².